The number of unbranched alkanes of at least 4 members (excludes halogenated alkanes) is 3. The highest BCUT2D eigenvalue weighted by Crippen LogP contribution is 2.29. The van der Waals surface area contributed by atoms with Gasteiger partial charge in [0.05, 0.1) is 5.56 Å². The Kier molecular flexibility index (Phi) is 9.01. The van der Waals surface area contributed by atoms with Crippen LogP contribution in [-0.4, -0.2) is 21.8 Å². The van der Waals surface area contributed by atoms with Crippen molar-refractivity contribution < 1.29 is 22.0 Å². The number of halogens is 3. The maximum Gasteiger partial charge on any atom is 0.416 e. The third-order valence-corrected chi connectivity index (χ3v) is 7.06. The largest absolute Gasteiger partial charge is 0.416 e. The zero-order valence-corrected chi connectivity index (χ0v) is 15.9. The van der Waals surface area contributed by atoms with E-state index < -0.39 is 20.3 Å². The average Bonchev–Trinajstić information content (AvgIpc) is 2.51. The van der Waals surface area contributed by atoms with Gasteiger partial charge in [-0.25, -0.2) is 0 Å². The standard InChI is InChI=1S/C18H29F3O2Si/c1-4-22-24(3,23-5-2)14-9-7-6-8-11-16-12-10-13-17(15-16)18(19,20)21/h10,12-13,15H,4-9,11,14H2,1-3H3. The molecule has 1 rings (SSSR count). The first-order chi connectivity index (χ1) is 11.3. The van der Waals surface area contributed by atoms with Gasteiger partial charge in [0.2, 0.25) is 0 Å². The fourth-order valence-corrected chi connectivity index (χ4v) is 5.31. The number of rotatable bonds is 11. The summed E-state index contributed by atoms with van der Waals surface area (Å²) in [6.07, 6.45) is 0.452. The highest BCUT2D eigenvalue weighted by molar-refractivity contribution is 6.66. The van der Waals surface area contributed by atoms with Gasteiger partial charge in [-0.15, -0.1) is 0 Å². The summed E-state index contributed by atoms with van der Waals surface area (Å²) < 4.78 is 49.6. The molecule has 0 aromatic heterocycles. The van der Waals surface area contributed by atoms with Crippen molar-refractivity contribution in [2.24, 2.45) is 0 Å². The van der Waals surface area contributed by atoms with E-state index in [-0.39, 0.29) is 0 Å². The van der Waals surface area contributed by atoms with Crippen LogP contribution in [0.1, 0.15) is 50.7 Å². The van der Waals surface area contributed by atoms with Crippen molar-refractivity contribution in [3.05, 3.63) is 35.4 Å². The van der Waals surface area contributed by atoms with Gasteiger partial charge in [0.25, 0.3) is 0 Å². The van der Waals surface area contributed by atoms with Crippen LogP contribution in [0.4, 0.5) is 13.2 Å². The molecule has 2 nitrogen and oxygen atoms in total. The summed E-state index contributed by atoms with van der Waals surface area (Å²) in [6, 6.07) is 6.60. The fourth-order valence-electron chi connectivity index (χ4n) is 2.83. The SMILES string of the molecule is CCO[Si](C)(CCCCCCc1cccc(C(F)(F)F)c1)OCC. The van der Waals surface area contributed by atoms with Gasteiger partial charge in [-0.1, -0.05) is 37.5 Å². The zero-order valence-electron chi connectivity index (χ0n) is 14.9. The summed E-state index contributed by atoms with van der Waals surface area (Å²) in [7, 11) is -2.03. The molecule has 0 saturated heterocycles. The van der Waals surface area contributed by atoms with Gasteiger partial charge >= 0.3 is 14.7 Å². The molecular weight excluding hydrogens is 333 g/mol. The lowest BCUT2D eigenvalue weighted by molar-refractivity contribution is -0.137. The van der Waals surface area contributed by atoms with Crippen molar-refractivity contribution in [2.75, 3.05) is 13.2 Å². The van der Waals surface area contributed by atoms with E-state index in [9.17, 15) is 13.2 Å². The Balaban J connectivity index is 2.29. The number of hydrogen-bond donors (Lipinski definition) is 0. The van der Waals surface area contributed by atoms with Crippen LogP contribution in [0.3, 0.4) is 0 Å². The van der Waals surface area contributed by atoms with Gasteiger partial charge in [0.15, 0.2) is 0 Å². The van der Waals surface area contributed by atoms with Crippen molar-refractivity contribution in [1.29, 1.82) is 0 Å². The minimum absolute atomic E-state index is 0.560. The topological polar surface area (TPSA) is 18.5 Å². The Bertz CT molecular complexity index is 472. The van der Waals surface area contributed by atoms with Crippen molar-refractivity contribution >= 4 is 8.56 Å². The summed E-state index contributed by atoms with van der Waals surface area (Å²) >= 11 is 0. The molecule has 0 bridgehead atoms. The van der Waals surface area contributed by atoms with E-state index in [0.717, 1.165) is 43.4 Å². The van der Waals surface area contributed by atoms with E-state index in [1.807, 2.05) is 13.8 Å². The monoisotopic (exact) mass is 362 g/mol. The van der Waals surface area contributed by atoms with Crippen molar-refractivity contribution in [3.63, 3.8) is 0 Å². The van der Waals surface area contributed by atoms with Crippen molar-refractivity contribution in [2.45, 2.75) is 64.7 Å². The van der Waals surface area contributed by atoms with Gasteiger partial charge in [0, 0.05) is 13.2 Å². The third kappa shape index (κ3) is 7.81. The molecule has 0 heterocycles. The Morgan fingerprint density at radius 2 is 1.58 bits per heavy atom. The molecule has 0 aliphatic rings. The first-order valence-electron chi connectivity index (χ1n) is 8.75. The number of hydrogen-bond acceptors (Lipinski definition) is 2. The van der Waals surface area contributed by atoms with Crippen molar-refractivity contribution in [3.8, 4) is 0 Å². The molecular formula is C18H29F3O2Si. The molecule has 0 aliphatic heterocycles. The van der Waals surface area contributed by atoms with Gasteiger partial charge < -0.3 is 8.85 Å². The molecule has 0 saturated carbocycles. The second kappa shape index (κ2) is 10.2. The van der Waals surface area contributed by atoms with E-state index >= 15 is 0 Å². The van der Waals surface area contributed by atoms with Crippen molar-refractivity contribution in [1.82, 2.24) is 0 Å². The first kappa shape index (κ1) is 21.2. The fraction of sp³-hybridized carbons (Fsp3) is 0.667. The second-order valence-electron chi connectivity index (χ2n) is 6.11. The summed E-state index contributed by atoms with van der Waals surface area (Å²) in [6.45, 7) is 7.43. The third-order valence-electron chi connectivity index (χ3n) is 4.00. The van der Waals surface area contributed by atoms with Crippen LogP contribution in [0.5, 0.6) is 0 Å². The molecule has 0 fully saturated rings. The summed E-state index contributed by atoms with van der Waals surface area (Å²) in [5, 5.41) is 0. The molecule has 0 unspecified atom stereocenters. The van der Waals surface area contributed by atoms with Crippen LogP contribution >= 0.6 is 0 Å². The highest BCUT2D eigenvalue weighted by Gasteiger charge is 2.30. The molecule has 0 spiro atoms. The van der Waals surface area contributed by atoms with Crippen LogP contribution in [0.15, 0.2) is 24.3 Å². The Morgan fingerprint density at radius 1 is 0.958 bits per heavy atom. The van der Waals surface area contributed by atoms with Crippen LogP contribution in [-0.2, 0) is 21.4 Å². The lowest BCUT2D eigenvalue weighted by Crippen LogP contribution is -2.38. The predicted octanol–water partition coefficient (Wildman–Crippen LogP) is 5.95. The van der Waals surface area contributed by atoms with Crippen LogP contribution in [0.2, 0.25) is 12.6 Å². The van der Waals surface area contributed by atoms with Crippen LogP contribution in [0, 0.1) is 0 Å². The van der Waals surface area contributed by atoms with Gasteiger partial charge in [-0.05, 0) is 50.9 Å². The summed E-state index contributed by atoms with van der Waals surface area (Å²) in [4.78, 5) is 0. The zero-order chi connectivity index (χ0) is 18.1. The molecule has 0 atom stereocenters. The highest BCUT2D eigenvalue weighted by atomic mass is 28.4. The summed E-state index contributed by atoms with van der Waals surface area (Å²) in [5.74, 6) is 0. The van der Waals surface area contributed by atoms with E-state index in [4.69, 9.17) is 8.85 Å². The van der Waals surface area contributed by atoms with E-state index in [0.29, 0.717) is 19.6 Å². The number of benzene rings is 1. The van der Waals surface area contributed by atoms with E-state index in [1.165, 1.54) is 12.1 Å². The van der Waals surface area contributed by atoms with Gasteiger partial charge in [0.1, 0.15) is 0 Å². The normalized spacial score (nSPS) is 12.6. The smallest absolute Gasteiger partial charge is 0.395 e. The van der Waals surface area contributed by atoms with Gasteiger partial charge in [-0.3, -0.25) is 0 Å². The number of alkyl halides is 3. The average molecular weight is 363 g/mol. The predicted molar refractivity (Wildman–Crippen MR) is 93.3 cm³/mol. The number of aryl methyl sites for hydroxylation is 1. The van der Waals surface area contributed by atoms with Gasteiger partial charge in [-0.2, -0.15) is 13.2 Å². The lowest BCUT2D eigenvalue weighted by Gasteiger charge is -2.25. The molecule has 1 aromatic rings. The Hall–Kier alpha value is -0.853. The summed E-state index contributed by atoms with van der Waals surface area (Å²) in [5.41, 5.74) is 0.197. The van der Waals surface area contributed by atoms with E-state index in [1.54, 1.807) is 6.07 Å². The molecule has 24 heavy (non-hydrogen) atoms. The minimum atomic E-state index is -4.26. The maximum atomic E-state index is 12.7. The van der Waals surface area contributed by atoms with E-state index in [2.05, 4.69) is 6.55 Å². The lowest BCUT2D eigenvalue weighted by atomic mass is 10.0. The molecule has 0 aliphatic carbocycles. The second-order valence-corrected chi connectivity index (χ2v) is 9.46. The quantitative estimate of drug-likeness (QED) is 0.357. The molecule has 0 amide bonds. The Morgan fingerprint density at radius 3 is 2.17 bits per heavy atom. The molecule has 138 valence electrons. The van der Waals surface area contributed by atoms with Crippen LogP contribution in [0.25, 0.3) is 0 Å². The molecule has 6 heteroatoms. The maximum absolute atomic E-state index is 12.7. The van der Waals surface area contributed by atoms with Crippen LogP contribution < -0.4 is 0 Å². The molecule has 0 radical (unpaired) electrons. The molecule has 0 N–H and O–H groups in total. The first-order valence-corrected chi connectivity index (χ1v) is 11.3. The molecule has 1 aromatic carbocycles. The minimum Gasteiger partial charge on any atom is -0.395 e. The Labute approximate surface area is 144 Å².